The molecule has 0 bridgehead atoms. The molecular weight excluding hydrogens is 282 g/mol. The molecule has 1 aliphatic rings. The summed E-state index contributed by atoms with van der Waals surface area (Å²) in [7, 11) is 0. The maximum absolute atomic E-state index is 12.5. The second-order valence-corrected chi connectivity index (χ2v) is 7.49. The van der Waals surface area contributed by atoms with Crippen molar-refractivity contribution in [3.63, 3.8) is 0 Å². The summed E-state index contributed by atoms with van der Waals surface area (Å²) in [6, 6.07) is 5.99. The Morgan fingerprint density at radius 3 is 3.05 bits per heavy atom. The molecule has 0 spiro atoms. The van der Waals surface area contributed by atoms with Gasteiger partial charge in [-0.1, -0.05) is 31.3 Å². The van der Waals surface area contributed by atoms with Gasteiger partial charge >= 0.3 is 0 Å². The minimum atomic E-state index is -0.153. The van der Waals surface area contributed by atoms with Crippen molar-refractivity contribution >= 4 is 32.6 Å². The summed E-state index contributed by atoms with van der Waals surface area (Å²) in [6.45, 7) is 7.25. The van der Waals surface area contributed by atoms with Gasteiger partial charge < -0.3 is 10.6 Å². The van der Waals surface area contributed by atoms with Crippen molar-refractivity contribution in [1.29, 1.82) is 0 Å². The Bertz CT molecular complexity index is 677. The molecule has 1 aliphatic heterocycles. The van der Waals surface area contributed by atoms with Gasteiger partial charge in [-0.05, 0) is 49.4 Å². The first-order chi connectivity index (χ1) is 9.95. The van der Waals surface area contributed by atoms with E-state index in [-0.39, 0.29) is 17.4 Å². The number of aromatic nitrogens is 1. The lowest BCUT2D eigenvalue weighted by Gasteiger charge is -2.37. The summed E-state index contributed by atoms with van der Waals surface area (Å²) in [4.78, 5) is 17.0. The van der Waals surface area contributed by atoms with Crippen molar-refractivity contribution in [1.82, 2.24) is 10.3 Å². The van der Waals surface area contributed by atoms with Crippen molar-refractivity contribution in [3.05, 3.63) is 23.8 Å². The van der Waals surface area contributed by atoms with Gasteiger partial charge in [0.05, 0.1) is 16.3 Å². The van der Waals surface area contributed by atoms with Gasteiger partial charge in [-0.25, -0.2) is 4.98 Å². The monoisotopic (exact) mass is 303 g/mol. The van der Waals surface area contributed by atoms with E-state index in [1.165, 1.54) is 16.9 Å². The highest BCUT2D eigenvalue weighted by Gasteiger charge is 2.37. The molecule has 1 unspecified atom stereocenters. The number of amides is 1. The van der Waals surface area contributed by atoms with Gasteiger partial charge in [0.25, 0.3) is 0 Å². The Morgan fingerprint density at radius 1 is 1.48 bits per heavy atom. The van der Waals surface area contributed by atoms with Gasteiger partial charge in [0.1, 0.15) is 0 Å². The van der Waals surface area contributed by atoms with Crippen LogP contribution in [0.15, 0.2) is 18.2 Å². The van der Waals surface area contributed by atoms with E-state index in [1.807, 2.05) is 12.1 Å². The first-order valence-electron chi connectivity index (χ1n) is 7.37. The molecule has 5 heteroatoms. The van der Waals surface area contributed by atoms with Crippen molar-refractivity contribution in [2.75, 3.05) is 11.9 Å². The van der Waals surface area contributed by atoms with Crippen LogP contribution in [0, 0.1) is 12.3 Å². The predicted molar refractivity (Wildman–Crippen MR) is 87.8 cm³/mol. The van der Waals surface area contributed by atoms with E-state index in [9.17, 15) is 4.79 Å². The van der Waals surface area contributed by atoms with E-state index in [0.29, 0.717) is 5.13 Å². The van der Waals surface area contributed by atoms with Crippen LogP contribution in [-0.4, -0.2) is 23.5 Å². The van der Waals surface area contributed by atoms with Gasteiger partial charge in [0.2, 0.25) is 5.91 Å². The molecule has 1 aromatic heterocycles. The average molecular weight is 303 g/mol. The van der Waals surface area contributed by atoms with Gasteiger partial charge in [-0.3, -0.25) is 4.79 Å². The minimum Gasteiger partial charge on any atom is -0.305 e. The number of fused-ring (bicyclic) bond motifs is 1. The molecule has 1 atom stereocenters. The molecule has 3 rings (SSSR count). The standard InChI is InChI=1S/C16H21N3OS/c1-10-5-6-11-12(9-10)21-15(18-11)19-14(20)13-16(2,3)7-4-8-17-13/h5-6,9,13,17H,4,7-8H2,1-3H3,(H,18,19,20). The lowest BCUT2D eigenvalue weighted by molar-refractivity contribution is -0.121. The Hall–Kier alpha value is -1.46. The molecule has 0 saturated carbocycles. The zero-order valence-corrected chi connectivity index (χ0v) is 13.5. The van der Waals surface area contributed by atoms with Gasteiger partial charge in [0.15, 0.2) is 5.13 Å². The normalized spacial score (nSPS) is 21.4. The van der Waals surface area contributed by atoms with E-state index in [1.54, 1.807) is 0 Å². The summed E-state index contributed by atoms with van der Waals surface area (Å²) >= 11 is 1.53. The number of rotatable bonds is 2. The van der Waals surface area contributed by atoms with Crippen molar-refractivity contribution in [2.45, 2.75) is 39.7 Å². The maximum atomic E-state index is 12.5. The Morgan fingerprint density at radius 2 is 2.29 bits per heavy atom. The second kappa shape index (κ2) is 5.39. The fourth-order valence-corrected chi connectivity index (χ4v) is 3.89. The summed E-state index contributed by atoms with van der Waals surface area (Å²) in [5.74, 6) is 0.0236. The van der Waals surface area contributed by atoms with E-state index in [0.717, 1.165) is 29.6 Å². The minimum absolute atomic E-state index is 0.0183. The highest BCUT2D eigenvalue weighted by Crippen LogP contribution is 2.32. The Balaban J connectivity index is 1.79. The molecular formula is C16H21N3OS. The smallest absolute Gasteiger partial charge is 0.243 e. The largest absolute Gasteiger partial charge is 0.305 e. The van der Waals surface area contributed by atoms with Crippen LogP contribution >= 0.6 is 11.3 Å². The molecule has 4 nitrogen and oxygen atoms in total. The van der Waals surface area contributed by atoms with E-state index in [4.69, 9.17) is 0 Å². The molecule has 1 aromatic carbocycles. The van der Waals surface area contributed by atoms with E-state index in [2.05, 4.69) is 42.5 Å². The van der Waals surface area contributed by atoms with E-state index >= 15 is 0 Å². The Labute approximate surface area is 129 Å². The molecule has 0 radical (unpaired) electrons. The highest BCUT2D eigenvalue weighted by atomic mass is 32.1. The number of piperidine rings is 1. The molecule has 112 valence electrons. The first-order valence-corrected chi connectivity index (χ1v) is 8.19. The molecule has 1 amide bonds. The van der Waals surface area contributed by atoms with Crippen LogP contribution in [0.3, 0.4) is 0 Å². The topological polar surface area (TPSA) is 54.0 Å². The molecule has 2 N–H and O–H groups in total. The molecule has 0 aliphatic carbocycles. The summed E-state index contributed by atoms with van der Waals surface area (Å²) in [5.41, 5.74) is 2.13. The third kappa shape index (κ3) is 2.94. The first kappa shape index (κ1) is 14.5. The van der Waals surface area contributed by atoms with Crippen LogP contribution in [0.1, 0.15) is 32.3 Å². The SMILES string of the molecule is Cc1ccc2nc(NC(=O)C3NCCCC3(C)C)sc2c1. The Kier molecular flexibility index (Phi) is 3.71. The fourth-order valence-electron chi connectivity index (χ4n) is 2.92. The van der Waals surface area contributed by atoms with Gasteiger partial charge in [0, 0.05) is 0 Å². The van der Waals surface area contributed by atoms with Crippen LogP contribution in [0.4, 0.5) is 5.13 Å². The average Bonchev–Trinajstić information content (AvgIpc) is 2.79. The number of aryl methyl sites for hydroxylation is 1. The van der Waals surface area contributed by atoms with Gasteiger partial charge in [-0.15, -0.1) is 0 Å². The summed E-state index contributed by atoms with van der Waals surface area (Å²) in [5, 5.41) is 7.00. The third-order valence-electron chi connectivity index (χ3n) is 4.16. The number of carbonyl (C=O) groups excluding carboxylic acids is 1. The van der Waals surface area contributed by atoms with Crippen molar-refractivity contribution < 1.29 is 4.79 Å². The lowest BCUT2D eigenvalue weighted by Crippen LogP contribution is -2.53. The van der Waals surface area contributed by atoms with Crippen LogP contribution in [0.5, 0.6) is 0 Å². The number of carbonyl (C=O) groups is 1. The third-order valence-corrected chi connectivity index (χ3v) is 5.10. The van der Waals surface area contributed by atoms with Crippen LogP contribution in [0.25, 0.3) is 10.2 Å². The van der Waals surface area contributed by atoms with Crippen LogP contribution in [0.2, 0.25) is 0 Å². The van der Waals surface area contributed by atoms with Crippen molar-refractivity contribution in [3.8, 4) is 0 Å². The fraction of sp³-hybridized carbons (Fsp3) is 0.500. The molecule has 1 saturated heterocycles. The number of nitrogens with one attached hydrogen (secondary N) is 2. The maximum Gasteiger partial charge on any atom is 0.243 e. The second-order valence-electron chi connectivity index (χ2n) is 6.46. The lowest BCUT2D eigenvalue weighted by atomic mass is 9.77. The number of hydrogen-bond donors (Lipinski definition) is 2. The summed E-state index contributed by atoms with van der Waals surface area (Å²) < 4.78 is 1.11. The molecule has 2 heterocycles. The molecule has 2 aromatic rings. The number of thiazole rings is 1. The number of nitrogens with zero attached hydrogens (tertiary/aromatic N) is 1. The predicted octanol–water partition coefficient (Wildman–Crippen LogP) is 3.32. The van der Waals surface area contributed by atoms with Crippen LogP contribution < -0.4 is 10.6 Å². The van der Waals surface area contributed by atoms with Gasteiger partial charge in [-0.2, -0.15) is 0 Å². The number of benzene rings is 1. The number of anilines is 1. The van der Waals surface area contributed by atoms with Crippen molar-refractivity contribution in [2.24, 2.45) is 5.41 Å². The zero-order valence-electron chi connectivity index (χ0n) is 12.7. The molecule has 1 fully saturated rings. The van der Waals surface area contributed by atoms with Crippen LogP contribution in [-0.2, 0) is 4.79 Å². The number of hydrogen-bond acceptors (Lipinski definition) is 4. The quantitative estimate of drug-likeness (QED) is 0.895. The zero-order chi connectivity index (χ0) is 15.0. The molecule has 21 heavy (non-hydrogen) atoms. The highest BCUT2D eigenvalue weighted by molar-refractivity contribution is 7.22. The van der Waals surface area contributed by atoms with E-state index < -0.39 is 0 Å². The summed E-state index contributed by atoms with van der Waals surface area (Å²) in [6.07, 6.45) is 2.19.